The lowest BCUT2D eigenvalue weighted by atomic mass is 10.1. The van der Waals surface area contributed by atoms with Crippen molar-refractivity contribution in [2.24, 2.45) is 0 Å². The van der Waals surface area contributed by atoms with Crippen LogP contribution in [0.4, 0.5) is 0 Å². The minimum absolute atomic E-state index is 0.0164. The molecule has 76 valence electrons. The molecule has 0 aromatic rings. The fourth-order valence-corrected chi connectivity index (χ4v) is 2.79. The number of carboxylic acids is 1. The number of aliphatic carboxylic acids is 1. The van der Waals surface area contributed by atoms with Crippen LogP contribution < -0.4 is 0 Å². The molecule has 1 amide bonds. The van der Waals surface area contributed by atoms with Crippen LogP contribution in [0.1, 0.15) is 6.42 Å². The molecule has 2 heterocycles. The molecule has 2 atom stereocenters. The van der Waals surface area contributed by atoms with E-state index >= 15 is 0 Å². The molecule has 0 aromatic heterocycles. The Labute approximate surface area is 84.4 Å². The van der Waals surface area contributed by atoms with E-state index < -0.39 is 11.2 Å². The van der Waals surface area contributed by atoms with Gasteiger partial charge < -0.3 is 15.1 Å². The molecule has 0 radical (unpaired) electrons. The standard InChI is InChI=1S/C8H9NO4S/c10-3-4-2-9-5(11)1-6(9)14-7(4)8(12)13/h2,6-7,10H,1,3H2,(H,12,13)/t6-,7?/m1/s1. The molecule has 2 aliphatic rings. The number of rotatable bonds is 2. The number of aliphatic hydroxyl groups excluding tert-OH is 1. The zero-order valence-electron chi connectivity index (χ0n) is 7.21. The van der Waals surface area contributed by atoms with Gasteiger partial charge in [0.2, 0.25) is 5.91 Å². The van der Waals surface area contributed by atoms with Gasteiger partial charge in [0.05, 0.1) is 18.4 Å². The van der Waals surface area contributed by atoms with Gasteiger partial charge in [-0.1, -0.05) is 0 Å². The summed E-state index contributed by atoms with van der Waals surface area (Å²) in [5.41, 5.74) is 0.381. The number of thioether (sulfide) groups is 1. The van der Waals surface area contributed by atoms with E-state index in [1.165, 1.54) is 22.9 Å². The third-order valence-electron chi connectivity index (χ3n) is 2.29. The number of carbonyl (C=O) groups is 2. The number of carbonyl (C=O) groups excluding carboxylic acids is 1. The van der Waals surface area contributed by atoms with E-state index in [-0.39, 0.29) is 17.9 Å². The van der Waals surface area contributed by atoms with Gasteiger partial charge in [-0.3, -0.25) is 9.59 Å². The fourth-order valence-electron chi connectivity index (χ4n) is 1.50. The second-order valence-electron chi connectivity index (χ2n) is 3.18. The summed E-state index contributed by atoms with van der Waals surface area (Å²) in [6.45, 7) is -0.319. The minimum Gasteiger partial charge on any atom is -0.480 e. The normalized spacial score (nSPS) is 30.5. The van der Waals surface area contributed by atoms with Gasteiger partial charge in [-0.15, -0.1) is 11.8 Å². The Balaban J connectivity index is 2.23. The smallest absolute Gasteiger partial charge is 0.321 e. The Kier molecular flexibility index (Phi) is 2.24. The number of β-lactam (4-membered cyclic amide) rings is 1. The summed E-state index contributed by atoms with van der Waals surface area (Å²) in [7, 11) is 0. The van der Waals surface area contributed by atoms with Crippen molar-refractivity contribution in [1.82, 2.24) is 4.90 Å². The Hall–Kier alpha value is -1.01. The maximum atomic E-state index is 11.0. The van der Waals surface area contributed by atoms with Crippen molar-refractivity contribution in [2.75, 3.05) is 6.61 Å². The highest BCUT2D eigenvalue weighted by molar-refractivity contribution is 8.01. The molecule has 1 saturated heterocycles. The molecular formula is C8H9NO4S. The first kappa shape index (κ1) is 9.54. The summed E-state index contributed by atoms with van der Waals surface area (Å²) < 4.78 is 0. The van der Waals surface area contributed by atoms with Crippen LogP contribution in [0.25, 0.3) is 0 Å². The molecule has 6 heteroatoms. The van der Waals surface area contributed by atoms with E-state index in [1.54, 1.807) is 0 Å². The quantitative estimate of drug-likeness (QED) is 0.614. The van der Waals surface area contributed by atoms with Gasteiger partial charge in [0.25, 0.3) is 0 Å². The highest BCUT2D eigenvalue weighted by Gasteiger charge is 2.43. The van der Waals surface area contributed by atoms with Crippen molar-refractivity contribution in [2.45, 2.75) is 17.0 Å². The Bertz CT molecular complexity index is 327. The monoisotopic (exact) mass is 215 g/mol. The summed E-state index contributed by atoms with van der Waals surface area (Å²) in [6.07, 6.45) is 1.86. The van der Waals surface area contributed by atoms with Gasteiger partial charge in [-0.05, 0) is 5.57 Å². The van der Waals surface area contributed by atoms with Gasteiger partial charge in [0.15, 0.2) is 0 Å². The highest BCUT2D eigenvalue weighted by Crippen LogP contribution is 2.39. The van der Waals surface area contributed by atoms with Gasteiger partial charge in [0.1, 0.15) is 5.25 Å². The first-order valence-corrected chi connectivity index (χ1v) is 5.08. The SMILES string of the molecule is O=C(O)C1S[C@@H]2CC(=O)N2C=C1CO. The molecule has 0 aliphatic carbocycles. The summed E-state index contributed by atoms with van der Waals surface area (Å²) in [6, 6.07) is 0. The van der Waals surface area contributed by atoms with Crippen molar-refractivity contribution in [3.8, 4) is 0 Å². The molecule has 2 N–H and O–H groups in total. The van der Waals surface area contributed by atoms with Gasteiger partial charge >= 0.3 is 5.97 Å². The number of amides is 1. The molecular weight excluding hydrogens is 206 g/mol. The Morgan fingerprint density at radius 3 is 2.93 bits per heavy atom. The maximum Gasteiger partial charge on any atom is 0.321 e. The van der Waals surface area contributed by atoms with E-state index in [2.05, 4.69) is 0 Å². The summed E-state index contributed by atoms with van der Waals surface area (Å²) in [4.78, 5) is 23.3. The van der Waals surface area contributed by atoms with E-state index in [1.807, 2.05) is 0 Å². The number of fused-ring (bicyclic) bond motifs is 1. The predicted molar refractivity (Wildman–Crippen MR) is 49.4 cm³/mol. The van der Waals surface area contributed by atoms with E-state index in [4.69, 9.17) is 10.2 Å². The van der Waals surface area contributed by atoms with Gasteiger partial charge in [-0.2, -0.15) is 0 Å². The topological polar surface area (TPSA) is 77.8 Å². The zero-order valence-corrected chi connectivity index (χ0v) is 8.03. The number of hydrogen-bond acceptors (Lipinski definition) is 4. The largest absolute Gasteiger partial charge is 0.480 e. The van der Waals surface area contributed by atoms with Crippen LogP contribution in [-0.4, -0.2) is 44.2 Å². The maximum absolute atomic E-state index is 11.0. The molecule has 1 fully saturated rings. The lowest BCUT2D eigenvalue weighted by molar-refractivity contribution is -0.139. The molecule has 2 aliphatic heterocycles. The summed E-state index contributed by atoms with van der Waals surface area (Å²) in [5, 5.41) is 17.0. The van der Waals surface area contributed by atoms with E-state index in [0.29, 0.717) is 12.0 Å². The van der Waals surface area contributed by atoms with Crippen LogP contribution in [0, 0.1) is 0 Å². The van der Waals surface area contributed by atoms with Crippen LogP contribution in [0.3, 0.4) is 0 Å². The average molecular weight is 215 g/mol. The lowest BCUT2D eigenvalue weighted by Crippen LogP contribution is -2.51. The lowest BCUT2D eigenvalue weighted by Gasteiger charge is -2.42. The minimum atomic E-state index is -0.964. The predicted octanol–water partition coefficient (Wildman–Crippen LogP) is -0.379. The van der Waals surface area contributed by atoms with Gasteiger partial charge in [-0.25, -0.2) is 0 Å². The molecule has 0 bridgehead atoms. The van der Waals surface area contributed by atoms with Crippen LogP contribution in [-0.2, 0) is 9.59 Å². The van der Waals surface area contributed by atoms with Crippen molar-refractivity contribution in [1.29, 1.82) is 0 Å². The Morgan fingerprint density at radius 1 is 1.71 bits per heavy atom. The van der Waals surface area contributed by atoms with Crippen LogP contribution in [0.2, 0.25) is 0 Å². The third-order valence-corrected chi connectivity index (χ3v) is 3.77. The van der Waals surface area contributed by atoms with E-state index in [9.17, 15) is 9.59 Å². The van der Waals surface area contributed by atoms with Crippen molar-refractivity contribution in [3.63, 3.8) is 0 Å². The van der Waals surface area contributed by atoms with E-state index in [0.717, 1.165) is 0 Å². The fraction of sp³-hybridized carbons (Fsp3) is 0.500. The summed E-state index contributed by atoms with van der Waals surface area (Å²) >= 11 is 1.20. The molecule has 0 aromatic carbocycles. The van der Waals surface area contributed by atoms with Crippen LogP contribution in [0.5, 0.6) is 0 Å². The van der Waals surface area contributed by atoms with Crippen LogP contribution in [0.15, 0.2) is 11.8 Å². The van der Waals surface area contributed by atoms with Crippen LogP contribution >= 0.6 is 11.8 Å². The van der Waals surface area contributed by atoms with Gasteiger partial charge in [0, 0.05) is 6.20 Å². The highest BCUT2D eigenvalue weighted by atomic mass is 32.2. The number of carboxylic acid groups (broad SMARTS) is 1. The first-order chi connectivity index (χ1) is 6.63. The molecule has 1 unspecified atom stereocenters. The first-order valence-electron chi connectivity index (χ1n) is 4.14. The molecule has 5 nitrogen and oxygen atoms in total. The van der Waals surface area contributed by atoms with Crippen molar-refractivity contribution < 1.29 is 19.8 Å². The summed E-state index contributed by atoms with van der Waals surface area (Å²) in [5.74, 6) is -0.980. The number of hydrogen-bond donors (Lipinski definition) is 2. The molecule has 2 rings (SSSR count). The van der Waals surface area contributed by atoms with Crippen molar-refractivity contribution >= 4 is 23.6 Å². The Morgan fingerprint density at radius 2 is 2.43 bits per heavy atom. The second-order valence-corrected chi connectivity index (χ2v) is 4.46. The number of aliphatic hydroxyl groups is 1. The third kappa shape index (κ3) is 1.31. The zero-order chi connectivity index (χ0) is 10.3. The number of nitrogens with zero attached hydrogens (tertiary/aromatic N) is 1. The molecule has 0 saturated carbocycles. The second kappa shape index (κ2) is 3.29. The molecule has 0 spiro atoms. The average Bonchev–Trinajstić information content (AvgIpc) is 2.15. The van der Waals surface area contributed by atoms with Crippen molar-refractivity contribution in [3.05, 3.63) is 11.8 Å². The molecule has 14 heavy (non-hydrogen) atoms.